The van der Waals surface area contributed by atoms with Crippen molar-refractivity contribution < 1.29 is 19.4 Å². The smallest absolute Gasteiger partial charge is 0.251 e. The molecule has 1 atom stereocenters. The molecule has 1 aliphatic rings. The molecule has 26 heavy (non-hydrogen) atoms. The largest absolute Gasteiger partial charge is 0.494 e. The Morgan fingerprint density at radius 2 is 2.15 bits per heavy atom. The molecular formula is C20H24N2O4. The fourth-order valence-corrected chi connectivity index (χ4v) is 3.19. The van der Waals surface area contributed by atoms with E-state index in [1.165, 1.54) is 0 Å². The van der Waals surface area contributed by atoms with Crippen LogP contribution in [-0.2, 0) is 0 Å². The van der Waals surface area contributed by atoms with Crippen LogP contribution in [-0.4, -0.2) is 35.8 Å². The van der Waals surface area contributed by atoms with Crippen LogP contribution in [0.2, 0.25) is 0 Å². The zero-order valence-electron chi connectivity index (χ0n) is 15.0. The standard InChI is InChI=1S/C20H24N2O4/c1-3-26-17-6-4-5-13(11-17)20(24)22-19(15-9-16(23)10-15)14-7-8-18(25-2)21-12-14/h4-8,11-12,15-16,19,23H,3,9-10H2,1-2H3,(H,22,24)/t15?,16?,19-/m1/s1. The first kappa shape index (κ1) is 18.2. The Kier molecular flexibility index (Phi) is 5.73. The van der Waals surface area contributed by atoms with E-state index in [-0.39, 0.29) is 24.0 Å². The number of hydrogen-bond acceptors (Lipinski definition) is 5. The number of benzene rings is 1. The van der Waals surface area contributed by atoms with Crippen LogP contribution in [0.3, 0.4) is 0 Å². The molecule has 1 amide bonds. The Hall–Kier alpha value is -2.60. The first-order chi connectivity index (χ1) is 12.6. The minimum absolute atomic E-state index is 0.172. The summed E-state index contributed by atoms with van der Waals surface area (Å²) in [7, 11) is 1.56. The van der Waals surface area contributed by atoms with Gasteiger partial charge in [-0.25, -0.2) is 4.98 Å². The summed E-state index contributed by atoms with van der Waals surface area (Å²) in [5.41, 5.74) is 1.44. The van der Waals surface area contributed by atoms with Gasteiger partial charge in [-0.2, -0.15) is 0 Å². The second-order valence-corrected chi connectivity index (χ2v) is 6.43. The normalized spacial score (nSPS) is 20.0. The Balaban J connectivity index is 1.78. The van der Waals surface area contributed by atoms with Gasteiger partial charge in [-0.05, 0) is 49.4 Å². The van der Waals surface area contributed by atoms with Gasteiger partial charge in [0.1, 0.15) is 5.75 Å². The number of aliphatic hydroxyl groups is 1. The number of carbonyl (C=O) groups excluding carboxylic acids is 1. The third kappa shape index (κ3) is 4.14. The highest BCUT2D eigenvalue weighted by molar-refractivity contribution is 5.94. The number of nitrogens with one attached hydrogen (secondary N) is 1. The molecule has 3 rings (SSSR count). The fraction of sp³-hybridized carbons (Fsp3) is 0.400. The molecule has 0 bridgehead atoms. The van der Waals surface area contributed by atoms with Gasteiger partial charge in [0.05, 0.1) is 25.9 Å². The summed E-state index contributed by atoms with van der Waals surface area (Å²) in [6.45, 7) is 2.45. The monoisotopic (exact) mass is 356 g/mol. The van der Waals surface area contributed by atoms with Crippen molar-refractivity contribution in [2.24, 2.45) is 5.92 Å². The van der Waals surface area contributed by atoms with Gasteiger partial charge >= 0.3 is 0 Å². The first-order valence-corrected chi connectivity index (χ1v) is 8.82. The highest BCUT2D eigenvalue weighted by Crippen LogP contribution is 2.38. The van der Waals surface area contributed by atoms with Crippen LogP contribution in [0.4, 0.5) is 0 Å². The third-order valence-electron chi connectivity index (χ3n) is 4.64. The predicted molar refractivity (Wildman–Crippen MR) is 97.3 cm³/mol. The van der Waals surface area contributed by atoms with Crippen molar-refractivity contribution in [2.45, 2.75) is 31.9 Å². The molecule has 1 aromatic carbocycles. The van der Waals surface area contributed by atoms with E-state index in [4.69, 9.17) is 9.47 Å². The number of aromatic nitrogens is 1. The lowest BCUT2D eigenvalue weighted by molar-refractivity contribution is 0.0234. The van der Waals surface area contributed by atoms with Crippen LogP contribution in [0.1, 0.15) is 41.7 Å². The van der Waals surface area contributed by atoms with Gasteiger partial charge < -0.3 is 19.9 Å². The summed E-state index contributed by atoms with van der Waals surface area (Å²) >= 11 is 0. The van der Waals surface area contributed by atoms with E-state index in [9.17, 15) is 9.90 Å². The van der Waals surface area contributed by atoms with Crippen LogP contribution < -0.4 is 14.8 Å². The number of amides is 1. The average molecular weight is 356 g/mol. The molecule has 1 fully saturated rings. The number of nitrogens with zero attached hydrogens (tertiary/aromatic N) is 1. The summed E-state index contributed by atoms with van der Waals surface area (Å²) in [6.07, 6.45) is 2.74. The quantitative estimate of drug-likeness (QED) is 0.797. The van der Waals surface area contributed by atoms with Crippen LogP contribution in [0.5, 0.6) is 11.6 Å². The molecule has 6 heteroatoms. The summed E-state index contributed by atoms with van der Waals surface area (Å²) in [5.74, 6) is 1.20. The molecule has 1 aliphatic carbocycles. The zero-order chi connectivity index (χ0) is 18.5. The number of methoxy groups -OCH3 is 1. The van der Waals surface area contributed by atoms with Crippen molar-refractivity contribution in [3.05, 3.63) is 53.7 Å². The fourth-order valence-electron chi connectivity index (χ4n) is 3.19. The molecule has 2 N–H and O–H groups in total. The van der Waals surface area contributed by atoms with Crippen molar-refractivity contribution in [2.75, 3.05) is 13.7 Å². The molecule has 1 saturated carbocycles. The van der Waals surface area contributed by atoms with Gasteiger partial charge in [0, 0.05) is 17.8 Å². The van der Waals surface area contributed by atoms with Gasteiger partial charge in [-0.15, -0.1) is 0 Å². The molecule has 1 heterocycles. The van der Waals surface area contributed by atoms with Crippen molar-refractivity contribution in [1.29, 1.82) is 0 Å². The molecule has 138 valence electrons. The van der Waals surface area contributed by atoms with Gasteiger partial charge in [-0.1, -0.05) is 12.1 Å². The third-order valence-corrected chi connectivity index (χ3v) is 4.64. The second kappa shape index (κ2) is 8.19. The molecule has 0 unspecified atom stereocenters. The van der Waals surface area contributed by atoms with Crippen molar-refractivity contribution >= 4 is 5.91 Å². The summed E-state index contributed by atoms with van der Waals surface area (Å²) in [6, 6.07) is 10.6. The average Bonchev–Trinajstić information content (AvgIpc) is 2.64. The van der Waals surface area contributed by atoms with Gasteiger partial charge in [0.15, 0.2) is 0 Å². The predicted octanol–water partition coefficient (Wildman–Crippen LogP) is 2.73. The number of pyridine rings is 1. The Morgan fingerprint density at radius 3 is 2.77 bits per heavy atom. The Labute approximate surface area is 153 Å². The highest BCUT2D eigenvalue weighted by atomic mass is 16.5. The van der Waals surface area contributed by atoms with E-state index < -0.39 is 0 Å². The minimum atomic E-state index is -0.299. The maximum absolute atomic E-state index is 12.8. The number of carbonyl (C=O) groups is 1. The van der Waals surface area contributed by atoms with E-state index in [2.05, 4.69) is 10.3 Å². The molecule has 0 spiro atoms. The zero-order valence-corrected chi connectivity index (χ0v) is 15.0. The molecular weight excluding hydrogens is 332 g/mol. The molecule has 0 radical (unpaired) electrons. The summed E-state index contributed by atoms with van der Waals surface area (Å²) in [4.78, 5) is 17.0. The number of rotatable bonds is 7. The van der Waals surface area contributed by atoms with E-state index in [0.29, 0.717) is 36.6 Å². The van der Waals surface area contributed by atoms with Crippen LogP contribution in [0, 0.1) is 5.92 Å². The number of ether oxygens (including phenoxy) is 2. The lowest BCUT2D eigenvalue weighted by Crippen LogP contribution is -2.41. The van der Waals surface area contributed by atoms with Crippen LogP contribution >= 0.6 is 0 Å². The van der Waals surface area contributed by atoms with Gasteiger partial charge in [-0.3, -0.25) is 4.79 Å². The van der Waals surface area contributed by atoms with E-state index in [0.717, 1.165) is 5.56 Å². The molecule has 1 aromatic heterocycles. The molecule has 0 aliphatic heterocycles. The maximum atomic E-state index is 12.8. The first-order valence-electron chi connectivity index (χ1n) is 8.82. The molecule has 2 aromatic rings. The summed E-state index contributed by atoms with van der Waals surface area (Å²) in [5, 5.41) is 12.8. The molecule has 6 nitrogen and oxygen atoms in total. The number of hydrogen-bond donors (Lipinski definition) is 2. The van der Waals surface area contributed by atoms with E-state index in [1.807, 2.05) is 19.1 Å². The minimum Gasteiger partial charge on any atom is -0.494 e. The van der Waals surface area contributed by atoms with Crippen LogP contribution in [0.15, 0.2) is 42.6 Å². The second-order valence-electron chi connectivity index (χ2n) is 6.43. The lowest BCUT2D eigenvalue weighted by atomic mass is 9.75. The van der Waals surface area contributed by atoms with Crippen molar-refractivity contribution in [1.82, 2.24) is 10.3 Å². The van der Waals surface area contributed by atoms with E-state index >= 15 is 0 Å². The lowest BCUT2D eigenvalue weighted by Gasteiger charge is -2.38. The number of aliphatic hydroxyl groups excluding tert-OH is 1. The van der Waals surface area contributed by atoms with Gasteiger partial charge in [0.2, 0.25) is 5.88 Å². The Bertz CT molecular complexity index is 742. The highest BCUT2D eigenvalue weighted by Gasteiger charge is 2.36. The molecule has 0 saturated heterocycles. The Morgan fingerprint density at radius 1 is 1.35 bits per heavy atom. The maximum Gasteiger partial charge on any atom is 0.251 e. The van der Waals surface area contributed by atoms with Gasteiger partial charge in [0.25, 0.3) is 5.91 Å². The topological polar surface area (TPSA) is 80.7 Å². The van der Waals surface area contributed by atoms with Crippen LogP contribution in [0.25, 0.3) is 0 Å². The van der Waals surface area contributed by atoms with Crippen molar-refractivity contribution in [3.8, 4) is 11.6 Å². The van der Waals surface area contributed by atoms with E-state index in [1.54, 1.807) is 37.6 Å². The summed E-state index contributed by atoms with van der Waals surface area (Å²) < 4.78 is 10.6. The van der Waals surface area contributed by atoms with Crippen molar-refractivity contribution in [3.63, 3.8) is 0 Å². The SMILES string of the molecule is CCOc1cccc(C(=O)N[C@H](c2ccc(OC)nc2)C2CC(O)C2)c1.